The summed E-state index contributed by atoms with van der Waals surface area (Å²) in [6.07, 6.45) is 3.52. The second kappa shape index (κ2) is 8.51. The Morgan fingerprint density at radius 1 is 1.03 bits per heavy atom. The zero-order valence-corrected chi connectivity index (χ0v) is 18.3. The molecule has 1 aliphatic heterocycles. The van der Waals surface area contributed by atoms with Crippen molar-refractivity contribution in [2.75, 3.05) is 11.9 Å². The molecule has 1 aliphatic carbocycles. The monoisotopic (exact) mass is 420 g/mol. The van der Waals surface area contributed by atoms with Gasteiger partial charge in [-0.15, -0.1) is 0 Å². The number of hydrogen-bond donors (Lipinski definition) is 1. The minimum Gasteiger partial charge on any atom is -0.325 e. The van der Waals surface area contributed by atoms with Crippen LogP contribution in [0.1, 0.15) is 58.4 Å². The molecule has 31 heavy (non-hydrogen) atoms. The summed E-state index contributed by atoms with van der Waals surface area (Å²) in [6, 6.07) is 11.5. The maximum Gasteiger partial charge on any atom is 0.247 e. The summed E-state index contributed by atoms with van der Waals surface area (Å²) in [5.74, 6) is -4.06. The normalized spacial score (nSPS) is 23.2. The molecule has 0 radical (unpaired) electrons. The third-order valence-electron chi connectivity index (χ3n) is 6.55. The maximum absolute atomic E-state index is 13.0. The van der Waals surface area contributed by atoms with Gasteiger partial charge in [0.25, 0.3) is 0 Å². The van der Waals surface area contributed by atoms with Gasteiger partial charge in [0, 0.05) is 11.1 Å². The molecule has 1 saturated heterocycles. The minimum atomic E-state index is -1.09. The maximum atomic E-state index is 13.0. The van der Waals surface area contributed by atoms with Gasteiger partial charge in [-0.05, 0) is 36.0 Å². The van der Waals surface area contributed by atoms with Gasteiger partial charge in [-0.2, -0.15) is 10.5 Å². The Morgan fingerprint density at radius 3 is 2.00 bits per heavy atom. The second-order valence-electron chi connectivity index (χ2n) is 9.56. The highest BCUT2D eigenvalue weighted by Gasteiger charge is 2.59. The zero-order chi connectivity index (χ0) is 22.8. The standard InChI is InChI=1S/C24H28N4O3/c1-23(2,3)16-7-9-17(10-8-16)27-20(29)15-28-21(30)18(13-25)24(11-5-4-6-12-24)19(14-26)22(28)31/h7-10,18-19H,4-6,11-12,15H2,1-3H3,(H,27,29)/t18-,19-/m1/s1. The first-order valence-corrected chi connectivity index (χ1v) is 10.7. The first-order valence-electron chi connectivity index (χ1n) is 10.7. The summed E-state index contributed by atoms with van der Waals surface area (Å²) in [5.41, 5.74) is 0.694. The Bertz CT molecular complexity index is 921. The van der Waals surface area contributed by atoms with Crippen LogP contribution < -0.4 is 5.32 Å². The fraction of sp³-hybridized carbons (Fsp3) is 0.542. The fourth-order valence-electron chi connectivity index (χ4n) is 4.79. The van der Waals surface area contributed by atoms with Crippen LogP contribution in [0.5, 0.6) is 0 Å². The molecule has 3 rings (SSSR count). The molecule has 2 fully saturated rings. The number of nitrogens with one attached hydrogen (secondary N) is 1. The number of amides is 3. The molecule has 7 nitrogen and oxygen atoms in total. The summed E-state index contributed by atoms with van der Waals surface area (Å²) < 4.78 is 0. The number of piperidine rings is 1. The first kappa shape index (κ1) is 22.5. The predicted octanol–water partition coefficient (Wildman–Crippen LogP) is 3.52. The third kappa shape index (κ3) is 4.18. The highest BCUT2D eigenvalue weighted by atomic mass is 16.2. The molecule has 1 spiro atoms. The molecule has 2 aliphatic rings. The summed E-state index contributed by atoms with van der Waals surface area (Å²) in [6.45, 7) is 5.75. The Labute approximate surface area is 183 Å². The van der Waals surface area contributed by atoms with Crippen molar-refractivity contribution in [1.82, 2.24) is 4.90 Å². The van der Waals surface area contributed by atoms with Crippen molar-refractivity contribution < 1.29 is 14.4 Å². The molecule has 7 heteroatoms. The Kier molecular flexibility index (Phi) is 6.18. The number of likely N-dealkylation sites (tertiary alicyclic amines) is 1. The van der Waals surface area contributed by atoms with E-state index in [1.807, 2.05) is 24.3 Å². The molecule has 1 aromatic rings. The number of carbonyl (C=O) groups is 3. The third-order valence-corrected chi connectivity index (χ3v) is 6.55. The van der Waals surface area contributed by atoms with Crippen LogP contribution in [0.4, 0.5) is 5.69 Å². The van der Waals surface area contributed by atoms with E-state index in [0.29, 0.717) is 18.5 Å². The quantitative estimate of drug-likeness (QED) is 0.752. The molecule has 3 amide bonds. The van der Waals surface area contributed by atoms with Gasteiger partial charge in [-0.25, -0.2) is 0 Å². The lowest BCUT2D eigenvalue weighted by Crippen LogP contribution is -2.61. The number of carbonyl (C=O) groups excluding carboxylic acids is 3. The van der Waals surface area contributed by atoms with Crippen LogP contribution in [0.2, 0.25) is 0 Å². The van der Waals surface area contributed by atoms with Crippen molar-refractivity contribution >= 4 is 23.4 Å². The Morgan fingerprint density at radius 2 is 1.55 bits per heavy atom. The van der Waals surface area contributed by atoms with Gasteiger partial charge >= 0.3 is 0 Å². The lowest BCUT2D eigenvalue weighted by molar-refractivity contribution is -0.164. The molecule has 0 unspecified atom stereocenters. The van der Waals surface area contributed by atoms with E-state index in [2.05, 4.69) is 26.1 Å². The molecule has 2 atom stereocenters. The smallest absolute Gasteiger partial charge is 0.247 e. The average molecular weight is 421 g/mol. The number of benzene rings is 1. The van der Waals surface area contributed by atoms with E-state index in [4.69, 9.17) is 0 Å². The summed E-state index contributed by atoms with van der Waals surface area (Å²) in [4.78, 5) is 39.5. The number of anilines is 1. The summed E-state index contributed by atoms with van der Waals surface area (Å²) >= 11 is 0. The van der Waals surface area contributed by atoms with Crippen LogP contribution in [0.3, 0.4) is 0 Å². The lowest BCUT2D eigenvalue weighted by Gasteiger charge is -2.47. The second-order valence-corrected chi connectivity index (χ2v) is 9.56. The molecule has 1 aromatic carbocycles. The summed E-state index contributed by atoms with van der Waals surface area (Å²) in [5, 5.41) is 22.2. The van der Waals surface area contributed by atoms with Gasteiger partial charge in [0.1, 0.15) is 18.4 Å². The zero-order valence-electron chi connectivity index (χ0n) is 18.3. The topological polar surface area (TPSA) is 114 Å². The van der Waals surface area contributed by atoms with Crippen molar-refractivity contribution in [2.24, 2.45) is 17.3 Å². The van der Waals surface area contributed by atoms with E-state index in [-0.39, 0.29) is 5.41 Å². The lowest BCUT2D eigenvalue weighted by atomic mass is 9.57. The van der Waals surface area contributed by atoms with Crippen LogP contribution in [0.15, 0.2) is 24.3 Å². The van der Waals surface area contributed by atoms with E-state index in [0.717, 1.165) is 29.7 Å². The van der Waals surface area contributed by atoms with Gasteiger partial charge in [0.2, 0.25) is 17.7 Å². The number of imide groups is 1. The molecule has 162 valence electrons. The number of nitriles is 2. The SMILES string of the molecule is CC(C)(C)c1ccc(NC(=O)CN2C(=O)[C@@H](C#N)C3(CCCCC3)[C@H](C#N)C2=O)cc1. The predicted molar refractivity (Wildman–Crippen MR) is 114 cm³/mol. The van der Waals surface area contributed by atoms with Crippen molar-refractivity contribution in [3.63, 3.8) is 0 Å². The van der Waals surface area contributed by atoms with Crippen molar-refractivity contribution in [3.8, 4) is 12.1 Å². The summed E-state index contributed by atoms with van der Waals surface area (Å²) in [7, 11) is 0. The van der Waals surface area contributed by atoms with E-state index in [9.17, 15) is 24.9 Å². The first-order chi connectivity index (χ1) is 14.6. The number of nitrogens with zero attached hydrogens (tertiary/aromatic N) is 3. The minimum absolute atomic E-state index is 0.0249. The van der Waals surface area contributed by atoms with E-state index < -0.39 is 41.5 Å². The van der Waals surface area contributed by atoms with Gasteiger partial charge in [0.05, 0.1) is 12.1 Å². The molecular formula is C24H28N4O3. The Hall–Kier alpha value is -3.19. The van der Waals surface area contributed by atoms with Crippen molar-refractivity contribution in [1.29, 1.82) is 10.5 Å². The highest BCUT2D eigenvalue weighted by molar-refractivity contribution is 6.07. The number of rotatable bonds is 3. The van der Waals surface area contributed by atoms with Crippen LogP contribution in [0, 0.1) is 39.9 Å². The Balaban J connectivity index is 1.77. The largest absolute Gasteiger partial charge is 0.325 e. The van der Waals surface area contributed by atoms with Crippen molar-refractivity contribution in [2.45, 2.75) is 58.3 Å². The van der Waals surface area contributed by atoms with Crippen LogP contribution in [-0.2, 0) is 19.8 Å². The van der Waals surface area contributed by atoms with Crippen LogP contribution >= 0.6 is 0 Å². The van der Waals surface area contributed by atoms with Crippen LogP contribution in [0.25, 0.3) is 0 Å². The molecular weight excluding hydrogens is 392 g/mol. The van der Waals surface area contributed by atoms with E-state index in [1.165, 1.54) is 0 Å². The van der Waals surface area contributed by atoms with E-state index in [1.54, 1.807) is 12.1 Å². The van der Waals surface area contributed by atoms with E-state index >= 15 is 0 Å². The molecule has 1 saturated carbocycles. The molecule has 1 N–H and O–H groups in total. The van der Waals surface area contributed by atoms with Gasteiger partial charge in [-0.1, -0.05) is 52.2 Å². The van der Waals surface area contributed by atoms with Crippen molar-refractivity contribution in [3.05, 3.63) is 29.8 Å². The number of hydrogen-bond acceptors (Lipinski definition) is 5. The average Bonchev–Trinajstić information content (AvgIpc) is 2.72. The van der Waals surface area contributed by atoms with Gasteiger partial charge in [0.15, 0.2) is 0 Å². The molecule has 0 bridgehead atoms. The van der Waals surface area contributed by atoms with Crippen LogP contribution in [-0.4, -0.2) is 29.2 Å². The molecule has 0 aromatic heterocycles. The fourth-order valence-corrected chi connectivity index (χ4v) is 4.79. The highest BCUT2D eigenvalue weighted by Crippen LogP contribution is 2.51. The van der Waals surface area contributed by atoms with Gasteiger partial charge < -0.3 is 5.32 Å². The molecule has 1 heterocycles. The van der Waals surface area contributed by atoms with Gasteiger partial charge in [-0.3, -0.25) is 19.3 Å².